The number of carbonyl (C=O) groups is 3. The molecular weight excluding hydrogens is 388 g/mol. The summed E-state index contributed by atoms with van der Waals surface area (Å²) in [7, 11) is 0. The van der Waals surface area contributed by atoms with Gasteiger partial charge in [-0.25, -0.2) is 0 Å². The van der Waals surface area contributed by atoms with Crippen LogP contribution in [0.2, 0.25) is 0 Å². The van der Waals surface area contributed by atoms with Crippen LogP contribution in [0.1, 0.15) is 46.5 Å². The second-order valence-electron chi connectivity index (χ2n) is 8.07. The van der Waals surface area contributed by atoms with Crippen molar-refractivity contribution in [3.05, 3.63) is 24.3 Å². The molecule has 6 nitrogen and oxygen atoms in total. The third kappa shape index (κ3) is 5.32. The van der Waals surface area contributed by atoms with Crippen molar-refractivity contribution in [2.75, 3.05) is 17.2 Å². The number of para-hydroxylation sites is 1. The first kappa shape index (κ1) is 21.7. The standard InChI is InChI=1S/C22H30N2O4S/c1-14-7-6-8-17(15(14)2)23-22(27)16(3)28-21(26)11-12-24-18-9-4-5-10-19(18)29-13-20(24)25/h4-5,9-10,14-17H,6-8,11-13H2,1-3H3,(H,23,27)/t14-,15-,16-,17+/m1/s1. The van der Waals surface area contributed by atoms with Crippen molar-refractivity contribution in [1.82, 2.24) is 5.32 Å². The first-order valence-electron chi connectivity index (χ1n) is 10.4. The summed E-state index contributed by atoms with van der Waals surface area (Å²) in [5.74, 6) is 0.616. The molecule has 2 amide bonds. The molecule has 0 spiro atoms. The van der Waals surface area contributed by atoms with Crippen LogP contribution < -0.4 is 10.2 Å². The van der Waals surface area contributed by atoms with Gasteiger partial charge in [-0.2, -0.15) is 0 Å². The molecule has 1 saturated carbocycles. The summed E-state index contributed by atoms with van der Waals surface area (Å²) < 4.78 is 5.34. The Hall–Kier alpha value is -2.02. The molecule has 0 saturated heterocycles. The predicted octanol–water partition coefficient (Wildman–Crippen LogP) is 3.39. The van der Waals surface area contributed by atoms with Gasteiger partial charge in [0.2, 0.25) is 5.91 Å². The second-order valence-corrected chi connectivity index (χ2v) is 9.08. The molecule has 1 N–H and O–H groups in total. The number of carbonyl (C=O) groups excluding carboxylic acids is 3. The van der Waals surface area contributed by atoms with Gasteiger partial charge in [-0.3, -0.25) is 14.4 Å². The highest BCUT2D eigenvalue weighted by Gasteiger charge is 2.30. The molecule has 1 aromatic carbocycles. The largest absolute Gasteiger partial charge is 0.452 e. The van der Waals surface area contributed by atoms with E-state index in [1.54, 1.807) is 11.8 Å². The van der Waals surface area contributed by atoms with Crippen LogP contribution in [0.4, 0.5) is 5.69 Å². The smallest absolute Gasteiger partial charge is 0.308 e. The van der Waals surface area contributed by atoms with Gasteiger partial charge in [-0.15, -0.1) is 11.8 Å². The van der Waals surface area contributed by atoms with E-state index in [1.165, 1.54) is 18.2 Å². The maximum Gasteiger partial charge on any atom is 0.308 e. The van der Waals surface area contributed by atoms with Crippen LogP contribution in [0.25, 0.3) is 0 Å². The lowest BCUT2D eigenvalue weighted by Gasteiger charge is -2.35. The summed E-state index contributed by atoms with van der Waals surface area (Å²) in [6.45, 7) is 6.23. The van der Waals surface area contributed by atoms with Crippen LogP contribution in [0, 0.1) is 11.8 Å². The molecule has 2 aliphatic rings. The number of nitrogens with one attached hydrogen (secondary N) is 1. The van der Waals surface area contributed by atoms with E-state index in [2.05, 4.69) is 19.2 Å². The molecule has 1 heterocycles. The highest BCUT2D eigenvalue weighted by atomic mass is 32.2. The fraction of sp³-hybridized carbons (Fsp3) is 0.591. The van der Waals surface area contributed by atoms with Crippen LogP contribution >= 0.6 is 11.8 Å². The van der Waals surface area contributed by atoms with E-state index in [4.69, 9.17) is 4.74 Å². The van der Waals surface area contributed by atoms with Gasteiger partial charge in [0.15, 0.2) is 6.10 Å². The molecule has 0 radical (unpaired) electrons. The molecule has 29 heavy (non-hydrogen) atoms. The van der Waals surface area contributed by atoms with E-state index in [0.717, 1.165) is 23.4 Å². The Morgan fingerprint density at radius 3 is 2.83 bits per heavy atom. The molecule has 158 valence electrons. The Kier molecular flexibility index (Phi) is 7.22. The van der Waals surface area contributed by atoms with Gasteiger partial charge < -0.3 is 15.0 Å². The van der Waals surface area contributed by atoms with E-state index in [0.29, 0.717) is 17.6 Å². The zero-order chi connectivity index (χ0) is 21.0. The Morgan fingerprint density at radius 1 is 1.28 bits per heavy atom. The number of thioether (sulfide) groups is 1. The van der Waals surface area contributed by atoms with Gasteiger partial charge in [0, 0.05) is 17.5 Å². The summed E-state index contributed by atoms with van der Waals surface area (Å²) in [6, 6.07) is 7.79. The Morgan fingerprint density at radius 2 is 2.03 bits per heavy atom. The molecule has 7 heteroatoms. The van der Waals surface area contributed by atoms with Crippen LogP contribution in [0.3, 0.4) is 0 Å². The molecule has 0 bridgehead atoms. The van der Waals surface area contributed by atoms with Crippen LogP contribution in [0.5, 0.6) is 0 Å². The summed E-state index contributed by atoms with van der Waals surface area (Å²) in [5, 5.41) is 3.05. The number of hydrogen-bond donors (Lipinski definition) is 1. The number of rotatable bonds is 6. The van der Waals surface area contributed by atoms with Crippen molar-refractivity contribution in [1.29, 1.82) is 0 Å². The van der Waals surface area contributed by atoms with Gasteiger partial charge in [-0.1, -0.05) is 38.8 Å². The first-order valence-corrected chi connectivity index (χ1v) is 11.4. The lowest BCUT2D eigenvalue weighted by atomic mass is 9.78. The molecular formula is C22H30N2O4S. The number of fused-ring (bicyclic) bond motifs is 1. The average molecular weight is 419 g/mol. The van der Waals surface area contributed by atoms with Gasteiger partial charge in [0.05, 0.1) is 17.9 Å². The van der Waals surface area contributed by atoms with Gasteiger partial charge in [-0.05, 0) is 37.3 Å². The zero-order valence-electron chi connectivity index (χ0n) is 17.3. The third-order valence-electron chi connectivity index (χ3n) is 6.06. The molecule has 1 aromatic rings. The Labute approximate surface area is 176 Å². The molecule has 0 unspecified atom stereocenters. The number of esters is 1. The van der Waals surface area contributed by atoms with E-state index in [9.17, 15) is 14.4 Å². The minimum absolute atomic E-state index is 0.0207. The summed E-state index contributed by atoms with van der Waals surface area (Å²) >= 11 is 1.51. The lowest BCUT2D eigenvalue weighted by Crippen LogP contribution is -2.47. The number of hydrogen-bond acceptors (Lipinski definition) is 5. The van der Waals surface area contributed by atoms with E-state index < -0.39 is 12.1 Å². The highest BCUT2D eigenvalue weighted by Crippen LogP contribution is 2.35. The van der Waals surface area contributed by atoms with Crippen LogP contribution in [-0.2, 0) is 19.1 Å². The normalized spacial score (nSPS) is 25.1. The fourth-order valence-corrected chi connectivity index (χ4v) is 4.93. The van der Waals surface area contributed by atoms with Gasteiger partial charge in [0.25, 0.3) is 5.91 Å². The number of benzene rings is 1. The fourth-order valence-electron chi connectivity index (χ4n) is 4.00. The Balaban J connectivity index is 1.49. The van der Waals surface area contributed by atoms with E-state index >= 15 is 0 Å². The van der Waals surface area contributed by atoms with Crippen molar-refractivity contribution in [2.24, 2.45) is 11.8 Å². The van der Waals surface area contributed by atoms with Crippen LogP contribution in [-0.4, -0.2) is 42.2 Å². The molecule has 1 fully saturated rings. The molecule has 1 aliphatic carbocycles. The molecule has 3 rings (SSSR count). The topological polar surface area (TPSA) is 75.7 Å². The highest BCUT2D eigenvalue weighted by molar-refractivity contribution is 8.00. The van der Waals surface area contributed by atoms with E-state index in [1.807, 2.05) is 24.3 Å². The second kappa shape index (κ2) is 9.65. The van der Waals surface area contributed by atoms with Crippen molar-refractivity contribution in [3.8, 4) is 0 Å². The van der Waals surface area contributed by atoms with Crippen molar-refractivity contribution in [3.63, 3.8) is 0 Å². The first-order chi connectivity index (χ1) is 13.9. The zero-order valence-corrected chi connectivity index (χ0v) is 18.2. The third-order valence-corrected chi connectivity index (χ3v) is 7.11. The molecule has 4 atom stereocenters. The Bertz CT molecular complexity index is 769. The van der Waals surface area contributed by atoms with E-state index in [-0.39, 0.29) is 30.8 Å². The monoisotopic (exact) mass is 418 g/mol. The summed E-state index contributed by atoms with van der Waals surface area (Å²) in [6.07, 6.45) is 2.47. The SMILES string of the molecule is C[C@@H]1[C@H](C)CCC[C@@H]1NC(=O)[C@@H](C)OC(=O)CCN1C(=O)CSc2ccccc21. The number of amides is 2. The lowest BCUT2D eigenvalue weighted by molar-refractivity contribution is -0.155. The molecule has 1 aliphatic heterocycles. The van der Waals surface area contributed by atoms with Crippen molar-refractivity contribution >= 4 is 35.2 Å². The quantitative estimate of drug-likeness (QED) is 0.717. The van der Waals surface area contributed by atoms with Crippen molar-refractivity contribution < 1.29 is 19.1 Å². The number of anilines is 1. The maximum atomic E-state index is 12.5. The summed E-state index contributed by atoms with van der Waals surface area (Å²) in [4.78, 5) is 39.7. The number of nitrogens with zero attached hydrogens (tertiary/aromatic N) is 1. The maximum absolute atomic E-state index is 12.5. The van der Waals surface area contributed by atoms with Gasteiger partial charge >= 0.3 is 5.97 Å². The average Bonchev–Trinajstić information content (AvgIpc) is 2.70. The summed E-state index contributed by atoms with van der Waals surface area (Å²) in [5.41, 5.74) is 0.827. The minimum Gasteiger partial charge on any atom is -0.452 e. The van der Waals surface area contributed by atoms with Crippen molar-refractivity contribution in [2.45, 2.75) is 63.5 Å². The van der Waals surface area contributed by atoms with Gasteiger partial charge in [0.1, 0.15) is 0 Å². The minimum atomic E-state index is -0.841. The molecule has 0 aromatic heterocycles. The number of ether oxygens (including phenoxy) is 1. The van der Waals surface area contributed by atoms with Crippen LogP contribution in [0.15, 0.2) is 29.2 Å². The predicted molar refractivity (Wildman–Crippen MR) is 114 cm³/mol.